The van der Waals surface area contributed by atoms with Crippen LogP contribution < -0.4 is 10.1 Å². The molecule has 5 heteroatoms. The second-order valence-electron chi connectivity index (χ2n) is 6.62. The van der Waals surface area contributed by atoms with Crippen LogP contribution in [0.3, 0.4) is 0 Å². The quantitative estimate of drug-likeness (QED) is 0.544. The fraction of sp³-hybridized carbons (Fsp3) is 0.227. The normalized spacial score (nSPS) is 11.9. The third-order valence-corrected chi connectivity index (χ3v) is 5.57. The first-order chi connectivity index (χ1) is 12.9. The predicted octanol–water partition coefficient (Wildman–Crippen LogP) is 6.09. The number of benzene rings is 2. The topological polar surface area (TPSA) is 38.3 Å². The molecule has 3 nitrogen and oxygen atoms in total. The maximum atomic E-state index is 12.6. The van der Waals surface area contributed by atoms with Crippen LogP contribution in [-0.2, 0) is 6.61 Å². The number of hydrogen-bond donors (Lipinski definition) is 1. The fourth-order valence-corrected chi connectivity index (χ4v) is 3.85. The lowest BCUT2D eigenvalue weighted by Crippen LogP contribution is -2.26. The average molecular weight is 400 g/mol. The van der Waals surface area contributed by atoms with Crippen LogP contribution >= 0.6 is 22.9 Å². The molecule has 1 aromatic heterocycles. The monoisotopic (exact) mass is 399 g/mol. The number of ether oxygens (including phenoxy) is 1. The first-order valence-electron chi connectivity index (χ1n) is 8.76. The highest BCUT2D eigenvalue weighted by Gasteiger charge is 2.15. The Morgan fingerprint density at radius 2 is 1.89 bits per heavy atom. The molecular formula is C22H22ClNO2S. The van der Waals surface area contributed by atoms with Crippen LogP contribution in [-0.4, -0.2) is 5.91 Å². The van der Waals surface area contributed by atoms with Crippen LogP contribution in [0.5, 0.6) is 5.75 Å². The van der Waals surface area contributed by atoms with Gasteiger partial charge in [0.05, 0.1) is 10.9 Å². The first kappa shape index (κ1) is 19.5. The number of carbonyl (C=O) groups excluding carboxylic acids is 1. The number of halogens is 1. The molecule has 2 aromatic carbocycles. The van der Waals surface area contributed by atoms with Crippen molar-refractivity contribution in [2.24, 2.45) is 0 Å². The zero-order valence-electron chi connectivity index (χ0n) is 15.6. The molecule has 0 spiro atoms. The van der Waals surface area contributed by atoms with Gasteiger partial charge in [0.1, 0.15) is 12.4 Å². The van der Waals surface area contributed by atoms with Crippen molar-refractivity contribution >= 4 is 28.8 Å². The Balaban J connectivity index is 1.60. The average Bonchev–Trinajstić information content (AvgIpc) is 3.10. The second kappa shape index (κ2) is 8.59. The molecule has 3 rings (SSSR count). The lowest BCUT2D eigenvalue weighted by Gasteiger charge is -2.16. The van der Waals surface area contributed by atoms with Gasteiger partial charge in [-0.2, -0.15) is 0 Å². The van der Waals surface area contributed by atoms with Crippen LogP contribution in [0.25, 0.3) is 0 Å². The van der Waals surface area contributed by atoms with Gasteiger partial charge in [0, 0.05) is 10.6 Å². The summed E-state index contributed by atoms with van der Waals surface area (Å²) in [6.07, 6.45) is 0. The zero-order chi connectivity index (χ0) is 19.4. The number of hydrogen-bond acceptors (Lipinski definition) is 3. The molecule has 140 valence electrons. The van der Waals surface area contributed by atoms with E-state index in [0.29, 0.717) is 16.5 Å². The zero-order valence-corrected chi connectivity index (χ0v) is 17.2. The molecule has 0 bridgehead atoms. The molecule has 0 aliphatic carbocycles. The lowest BCUT2D eigenvalue weighted by atomic mass is 10.0. The van der Waals surface area contributed by atoms with Gasteiger partial charge in [-0.3, -0.25) is 4.79 Å². The highest BCUT2D eigenvalue weighted by Crippen LogP contribution is 2.22. The second-order valence-corrected chi connectivity index (χ2v) is 7.96. The molecule has 0 saturated heterocycles. The summed E-state index contributed by atoms with van der Waals surface area (Å²) in [5.74, 6) is 0.685. The van der Waals surface area contributed by atoms with E-state index in [1.165, 1.54) is 22.5 Å². The van der Waals surface area contributed by atoms with Crippen molar-refractivity contribution in [1.29, 1.82) is 0 Å². The Morgan fingerprint density at radius 1 is 1.15 bits per heavy atom. The Labute approximate surface area is 169 Å². The standard InChI is InChI=1S/C22H22ClNO2S/c1-14-4-9-20(15(2)10-14)16(3)24-22(25)21-11-17(13-27-21)12-26-19-7-5-18(23)6-8-19/h4-11,13,16H,12H2,1-3H3,(H,24,25). The van der Waals surface area contributed by atoms with E-state index in [9.17, 15) is 4.79 Å². The maximum Gasteiger partial charge on any atom is 0.261 e. The lowest BCUT2D eigenvalue weighted by molar-refractivity contribution is 0.0944. The molecule has 0 aliphatic heterocycles. The molecule has 3 aromatic rings. The third kappa shape index (κ3) is 5.12. The number of carbonyl (C=O) groups is 1. The van der Waals surface area contributed by atoms with Crippen LogP contribution in [0.4, 0.5) is 0 Å². The SMILES string of the molecule is Cc1ccc(C(C)NC(=O)c2cc(COc3ccc(Cl)cc3)cs2)c(C)c1. The Bertz CT molecular complexity index is 934. The van der Waals surface area contributed by atoms with Crippen molar-refractivity contribution in [2.75, 3.05) is 0 Å². The van der Waals surface area contributed by atoms with E-state index in [1.807, 2.05) is 30.5 Å². The van der Waals surface area contributed by atoms with Crippen molar-refractivity contribution in [3.63, 3.8) is 0 Å². The minimum Gasteiger partial charge on any atom is -0.489 e. The van der Waals surface area contributed by atoms with E-state index < -0.39 is 0 Å². The molecule has 1 heterocycles. The smallest absolute Gasteiger partial charge is 0.261 e. The minimum absolute atomic E-state index is 0.0473. The largest absolute Gasteiger partial charge is 0.489 e. The van der Waals surface area contributed by atoms with Crippen LogP contribution in [0.2, 0.25) is 5.02 Å². The molecule has 0 fully saturated rings. The molecular weight excluding hydrogens is 378 g/mol. The van der Waals surface area contributed by atoms with E-state index in [0.717, 1.165) is 16.9 Å². The predicted molar refractivity (Wildman–Crippen MR) is 112 cm³/mol. The molecule has 0 radical (unpaired) electrons. The number of thiophene rings is 1. The van der Waals surface area contributed by atoms with Crippen LogP contribution in [0.15, 0.2) is 53.9 Å². The van der Waals surface area contributed by atoms with Gasteiger partial charge in [0.25, 0.3) is 5.91 Å². The molecule has 1 unspecified atom stereocenters. The summed E-state index contributed by atoms with van der Waals surface area (Å²) < 4.78 is 5.73. The molecule has 1 N–H and O–H groups in total. The van der Waals surface area contributed by atoms with Gasteiger partial charge in [-0.15, -0.1) is 11.3 Å². The van der Waals surface area contributed by atoms with E-state index in [1.54, 1.807) is 12.1 Å². The van der Waals surface area contributed by atoms with Gasteiger partial charge in [0.2, 0.25) is 0 Å². The first-order valence-corrected chi connectivity index (χ1v) is 10.0. The summed E-state index contributed by atoms with van der Waals surface area (Å²) >= 11 is 7.30. The molecule has 1 atom stereocenters. The van der Waals surface area contributed by atoms with Crippen LogP contribution in [0, 0.1) is 13.8 Å². The van der Waals surface area contributed by atoms with Crippen molar-refractivity contribution in [3.8, 4) is 5.75 Å². The van der Waals surface area contributed by atoms with Gasteiger partial charge in [0.15, 0.2) is 0 Å². The highest BCUT2D eigenvalue weighted by molar-refractivity contribution is 7.12. The van der Waals surface area contributed by atoms with Gasteiger partial charge >= 0.3 is 0 Å². The molecule has 27 heavy (non-hydrogen) atoms. The third-order valence-electron chi connectivity index (χ3n) is 4.34. The van der Waals surface area contributed by atoms with E-state index in [4.69, 9.17) is 16.3 Å². The molecule has 1 amide bonds. The van der Waals surface area contributed by atoms with E-state index in [2.05, 4.69) is 37.4 Å². The van der Waals surface area contributed by atoms with Crippen molar-refractivity contribution < 1.29 is 9.53 Å². The van der Waals surface area contributed by atoms with Gasteiger partial charge in [-0.1, -0.05) is 35.4 Å². The van der Waals surface area contributed by atoms with Crippen LogP contribution in [0.1, 0.15) is 44.9 Å². The van der Waals surface area contributed by atoms with Crippen molar-refractivity contribution in [1.82, 2.24) is 5.32 Å². The Hall–Kier alpha value is -2.30. The number of amides is 1. The molecule has 0 aliphatic rings. The summed E-state index contributed by atoms with van der Waals surface area (Å²) in [6, 6.07) is 15.4. The van der Waals surface area contributed by atoms with Gasteiger partial charge in [-0.25, -0.2) is 0 Å². The highest BCUT2D eigenvalue weighted by atomic mass is 35.5. The maximum absolute atomic E-state index is 12.6. The number of nitrogens with one attached hydrogen (secondary N) is 1. The fourth-order valence-electron chi connectivity index (χ4n) is 2.92. The summed E-state index contributed by atoms with van der Waals surface area (Å²) in [5.41, 5.74) is 4.51. The van der Waals surface area contributed by atoms with Gasteiger partial charge in [-0.05, 0) is 67.6 Å². The summed E-state index contributed by atoms with van der Waals surface area (Å²) in [7, 11) is 0. The Morgan fingerprint density at radius 3 is 2.59 bits per heavy atom. The van der Waals surface area contributed by atoms with Crippen molar-refractivity contribution in [2.45, 2.75) is 33.4 Å². The van der Waals surface area contributed by atoms with Crippen molar-refractivity contribution in [3.05, 3.63) is 86.1 Å². The summed E-state index contributed by atoms with van der Waals surface area (Å²) in [5, 5.41) is 5.71. The summed E-state index contributed by atoms with van der Waals surface area (Å²) in [4.78, 5) is 13.3. The molecule has 0 saturated carbocycles. The van der Waals surface area contributed by atoms with Gasteiger partial charge < -0.3 is 10.1 Å². The Kier molecular flexibility index (Phi) is 6.19. The minimum atomic E-state index is -0.0646. The number of rotatable bonds is 6. The van der Waals surface area contributed by atoms with E-state index >= 15 is 0 Å². The van der Waals surface area contributed by atoms with E-state index in [-0.39, 0.29) is 11.9 Å². The summed E-state index contributed by atoms with van der Waals surface area (Å²) in [6.45, 7) is 6.56. The number of aryl methyl sites for hydroxylation is 2.